The molecule has 1 aromatic carbocycles. The molecule has 0 unspecified atom stereocenters. The second-order valence-corrected chi connectivity index (χ2v) is 4.55. The van der Waals surface area contributed by atoms with E-state index in [2.05, 4.69) is 19.9 Å². The van der Waals surface area contributed by atoms with E-state index < -0.39 is 0 Å². The Morgan fingerprint density at radius 2 is 1.76 bits per heavy atom. The Hall–Kier alpha value is -2.89. The Kier molecular flexibility index (Phi) is 3.51. The minimum Gasteiger partial charge on any atom is -0.345 e. The molecule has 0 aliphatic carbocycles. The van der Waals surface area contributed by atoms with Gasteiger partial charge in [0.1, 0.15) is 0 Å². The van der Waals surface area contributed by atoms with Crippen molar-refractivity contribution in [3.05, 3.63) is 54.4 Å². The first kappa shape index (κ1) is 13.1. The monoisotopic (exact) mass is 280 g/mol. The number of nitrogens with zero attached hydrogens (tertiary/aromatic N) is 3. The van der Waals surface area contributed by atoms with Crippen LogP contribution in [0.15, 0.2) is 43.0 Å². The summed E-state index contributed by atoms with van der Waals surface area (Å²) in [5, 5.41) is 0. The number of rotatable bonds is 5. The van der Waals surface area contributed by atoms with Gasteiger partial charge < -0.3 is 4.98 Å². The number of Topliss-reactive ketones (excluding diaryl/α,β-unsaturated/α-hetero) is 2. The molecule has 0 amide bonds. The average molecular weight is 280 g/mol. The summed E-state index contributed by atoms with van der Waals surface area (Å²) in [5.74, 6) is -0.170. The van der Waals surface area contributed by atoms with E-state index in [0.717, 1.165) is 11.0 Å². The van der Waals surface area contributed by atoms with Gasteiger partial charge in [-0.2, -0.15) is 0 Å². The third-order valence-electron chi connectivity index (χ3n) is 3.14. The van der Waals surface area contributed by atoms with Gasteiger partial charge in [-0.3, -0.25) is 9.59 Å². The van der Waals surface area contributed by atoms with E-state index in [9.17, 15) is 9.59 Å². The number of fused-ring (bicyclic) bond motifs is 1. The van der Waals surface area contributed by atoms with Gasteiger partial charge in [-0.15, -0.1) is 0 Å². The van der Waals surface area contributed by atoms with Gasteiger partial charge in [-0.1, -0.05) is 0 Å². The summed E-state index contributed by atoms with van der Waals surface area (Å²) in [6.45, 7) is 0. The van der Waals surface area contributed by atoms with Gasteiger partial charge in [0.2, 0.25) is 0 Å². The van der Waals surface area contributed by atoms with Crippen molar-refractivity contribution >= 4 is 22.6 Å². The smallest absolute Gasteiger partial charge is 0.200 e. The Morgan fingerprint density at radius 1 is 1.00 bits per heavy atom. The summed E-state index contributed by atoms with van der Waals surface area (Å²) < 4.78 is 0. The van der Waals surface area contributed by atoms with Gasteiger partial charge in [-0.25, -0.2) is 15.0 Å². The predicted octanol–water partition coefficient (Wildman–Crippen LogP) is 2.20. The lowest BCUT2D eigenvalue weighted by molar-refractivity contribution is 0.0912. The molecule has 0 spiro atoms. The van der Waals surface area contributed by atoms with E-state index in [1.807, 2.05) is 0 Å². The molecular formula is C15H12N4O2. The zero-order chi connectivity index (χ0) is 14.7. The standard InChI is InChI=1S/C15H12N4O2/c20-13(4-5-14(21)15-16-6-1-7-17-15)10-2-3-11-12(8-10)19-9-18-11/h1-3,6-9H,4-5H2,(H,18,19). The fourth-order valence-electron chi connectivity index (χ4n) is 2.04. The minimum absolute atomic E-state index is 0.0872. The van der Waals surface area contributed by atoms with E-state index in [1.54, 1.807) is 30.6 Å². The summed E-state index contributed by atoms with van der Waals surface area (Å²) in [6, 6.07) is 6.88. The summed E-state index contributed by atoms with van der Waals surface area (Å²) in [5.41, 5.74) is 2.17. The lowest BCUT2D eigenvalue weighted by atomic mass is 10.0. The molecular weight excluding hydrogens is 268 g/mol. The predicted molar refractivity (Wildman–Crippen MR) is 76.0 cm³/mol. The average Bonchev–Trinajstić information content (AvgIpc) is 3.00. The van der Waals surface area contributed by atoms with Crippen LogP contribution in [0.2, 0.25) is 0 Å². The van der Waals surface area contributed by atoms with Crippen molar-refractivity contribution in [3.63, 3.8) is 0 Å². The van der Waals surface area contributed by atoms with Crippen molar-refractivity contribution < 1.29 is 9.59 Å². The van der Waals surface area contributed by atoms with Crippen LogP contribution in [-0.4, -0.2) is 31.5 Å². The fourth-order valence-corrected chi connectivity index (χ4v) is 2.04. The molecule has 0 aliphatic rings. The third-order valence-corrected chi connectivity index (χ3v) is 3.14. The van der Waals surface area contributed by atoms with Gasteiger partial charge >= 0.3 is 0 Å². The summed E-state index contributed by atoms with van der Waals surface area (Å²) in [6.07, 6.45) is 4.83. The topological polar surface area (TPSA) is 88.6 Å². The van der Waals surface area contributed by atoms with E-state index in [-0.39, 0.29) is 30.2 Å². The van der Waals surface area contributed by atoms with Crippen LogP contribution in [0.4, 0.5) is 0 Å². The second kappa shape index (κ2) is 5.62. The van der Waals surface area contributed by atoms with Crippen LogP contribution < -0.4 is 0 Å². The first-order chi connectivity index (χ1) is 10.2. The molecule has 1 N–H and O–H groups in total. The highest BCUT2D eigenvalue weighted by Crippen LogP contribution is 2.14. The minimum atomic E-state index is -0.230. The van der Waals surface area contributed by atoms with Crippen LogP contribution in [0.1, 0.15) is 33.8 Å². The number of benzene rings is 1. The van der Waals surface area contributed by atoms with E-state index in [1.165, 1.54) is 12.4 Å². The Labute approximate surface area is 120 Å². The maximum Gasteiger partial charge on any atom is 0.200 e. The molecule has 0 saturated carbocycles. The van der Waals surface area contributed by atoms with Crippen LogP contribution >= 0.6 is 0 Å². The number of nitrogens with one attached hydrogen (secondary N) is 1. The summed E-state index contributed by atoms with van der Waals surface area (Å²) >= 11 is 0. The summed E-state index contributed by atoms with van der Waals surface area (Å²) in [7, 11) is 0. The van der Waals surface area contributed by atoms with Crippen molar-refractivity contribution in [1.29, 1.82) is 0 Å². The first-order valence-corrected chi connectivity index (χ1v) is 6.50. The molecule has 2 heterocycles. The van der Waals surface area contributed by atoms with Crippen molar-refractivity contribution in [3.8, 4) is 0 Å². The number of aromatic nitrogens is 4. The van der Waals surface area contributed by atoms with Crippen molar-refractivity contribution in [2.45, 2.75) is 12.8 Å². The molecule has 0 atom stereocenters. The van der Waals surface area contributed by atoms with Crippen molar-refractivity contribution in [2.75, 3.05) is 0 Å². The van der Waals surface area contributed by atoms with E-state index in [4.69, 9.17) is 0 Å². The van der Waals surface area contributed by atoms with E-state index in [0.29, 0.717) is 5.56 Å². The van der Waals surface area contributed by atoms with Crippen LogP contribution in [0, 0.1) is 0 Å². The number of carbonyl (C=O) groups is 2. The zero-order valence-corrected chi connectivity index (χ0v) is 11.1. The quantitative estimate of drug-likeness (QED) is 0.724. The van der Waals surface area contributed by atoms with Crippen molar-refractivity contribution in [1.82, 2.24) is 19.9 Å². The normalized spacial score (nSPS) is 10.7. The first-order valence-electron chi connectivity index (χ1n) is 6.50. The van der Waals surface area contributed by atoms with Crippen molar-refractivity contribution in [2.24, 2.45) is 0 Å². The number of H-pyrrole nitrogens is 1. The van der Waals surface area contributed by atoms with Gasteiger partial charge in [-0.05, 0) is 24.3 Å². The molecule has 0 radical (unpaired) electrons. The molecule has 2 aromatic heterocycles. The molecule has 21 heavy (non-hydrogen) atoms. The highest BCUT2D eigenvalue weighted by Gasteiger charge is 2.13. The molecule has 3 aromatic rings. The van der Waals surface area contributed by atoms with Crippen LogP contribution in [0.25, 0.3) is 11.0 Å². The second-order valence-electron chi connectivity index (χ2n) is 4.55. The SMILES string of the molecule is O=C(CCC(=O)c1ncccn1)c1ccc2nc[nH]c2c1. The van der Waals surface area contributed by atoms with Gasteiger partial charge in [0.15, 0.2) is 17.4 Å². The Morgan fingerprint density at radius 3 is 2.57 bits per heavy atom. The van der Waals surface area contributed by atoms with Gasteiger partial charge in [0.05, 0.1) is 17.4 Å². The third kappa shape index (κ3) is 2.84. The number of hydrogen-bond donors (Lipinski definition) is 1. The molecule has 3 rings (SSSR count). The number of hydrogen-bond acceptors (Lipinski definition) is 5. The lowest BCUT2D eigenvalue weighted by Gasteiger charge is -2.01. The Balaban J connectivity index is 1.67. The lowest BCUT2D eigenvalue weighted by Crippen LogP contribution is -2.08. The highest BCUT2D eigenvalue weighted by atomic mass is 16.1. The van der Waals surface area contributed by atoms with Crippen LogP contribution in [0.5, 0.6) is 0 Å². The number of imidazole rings is 1. The maximum absolute atomic E-state index is 12.1. The molecule has 0 aliphatic heterocycles. The largest absolute Gasteiger partial charge is 0.345 e. The molecule has 0 bridgehead atoms. The summed E-state index contributed by atoms with van der Waals surface area (Å²) in [4.78, 5) is 38.8. The fraction of sp³-hybridized carbons (Fsp3) is 0.133. The molecule has 6 heteroatoms. The van der Waals surface area contributed by atoms with Crippen LogP contribution in [-0.2, 0) is 0 Å². The Bertz CT molecular complexity index is 796. The molecule has 6 nitrogen and oxygen atoms in total. The van der Waals surface area contributed by atoms with Crippen LogP contribution in [0.3, 0.4) is 0 Å². The van der Waals surface area contributed by atoms with Gasteiger partial charge in [0.25, 0.3) is 0 Å². The van der Waals surface area contributed by atoms with E-state index >= 15 is 0 Å². The maximum atomic E-state index is 12.1. The number of aromatic amines is 1. The number of ketones is 2. The number of carbonyl (C=O) groups excluding carboxylic acids is 2. The highest BCUT2D eigenvalue weighted by molar-refractivity contribution is 6.02. The van der Waals surface area contributed by atoms with Gasteiger partial charge in [0, 0.05) is 30.8 Å². The molecule has 0 fully saturated rings. The molecule has 0 saturated heterocycles. The molecule has 104 valence electrons. The zero-order valence-electron chi connectivity index (χ0n) is 11.1.